The molecule has 1 aliphatic heterocycles. The van der Waals surface area contributed by atoms with Crippen LogP contribution >= 0.6 is 0 Å². The Morgan fingerprint density at radius 2 is 2.12 bits per heavy atom. The Bertz CT molecular complexity index is 311. The zero-order chi connectivity index (χ0) is 11.8. The molecule has 0 bridgehead atoms. The van der Waals surface area contributed by atoms with Gasteiger partial charge in [-0.05, 0) is 38.5 Å². The van der Waals surface area contributed by atoms with E-state index in [2.05, 4.69) is 0 Å². The number of likely N-dealkylation sites (tertiary alicyclic amines) is 1. The molecule has 16 heavy (non-hydrogen) atoms. The van der Waals surface area contributed by atoms with E-state index < -0.39 is 11.4 Å². The van der Waals surface area contributed by atoms with E-state index in [0.29, 0.717) is 25.3 Å². The number of carboxylic acid groups (broad SMARTS) is 1. The maximum absolute atomic E-state index is 11.9. The number of carbonyl (C=O) groups is 2. The molecule has 0 radical (unpaired) electrons. The molecule has 0 aromatic carbocycles. The van der Waals surface area contributed by atoms with Gasteiger partial charge in [-0.1, -0.05) is 0 Å². The lowest BCUT2D eigenvalue weighted by Crippen LogP contribution is -2.48. The number of hydrogen-bond donors (Lipinski definition) is 1. The minimum absolute atomic E-state index is 0.148. The first-order chi connectivity index (χ1) is 7.51. The molecule has 2 aliphatic rings. The van der Waals surface area contributed by atoms with Crippen LogP contribution in [0.1, 0.15) is 39.0 Å². The van der Waals surface area contributed by atoms with Crippen molar-refractivity contribution in [1.82, 2.24) is 4.90 Å². The zero-order valence-corrected chi connectivity index (χ0v) is 9.74. The number of carboxylic acids is 1. The van der Waals surface area contributed by atoms with E-state index in [0.717, 1.165) is 25.8 Å². The first-order valence-corrected chi connectivity index (χ1v) is 6.02. The number of carbonyl (C=O) groups excluding carboxylic acids is 1. The minimum atomic E-state index is -0.781. The largest absolute Gasteiger partial charge is 0.481 e. The molecule has 1 atom stereocenters. The number of hydrogen-bond acceptors (Lipinski definition) is 2. The van der Waals surface area contributed by atoms with Gasteiger partial charge in [-0.3, -0.25) is 9.59 Å². The number of amides is 1. The fraction of sp³-hybridized carbons (Fsp3) is 0.833. The Kier molecular flexibility index (Phi) is 2.91. The van der Waals surface area contributed by atoms with Crippen molar-refractivity contribution in [1.29, 1.82) is 0 Å². The average molecular weight is 225 g/mol. The molecule has 1 unspecified atom stereocenters. The normalized spacial score (nSPS) is 30.2. The lowest BCUT2D eigenvalue weighted by atomic mass is 9.82. The Balaban J connectivity index is 1.94. The summed E-state index contributed by atoms with van der Waals surface area (Å²) in [7, 11) is 0. The van der Waals surface area contributed by atoms with Crippen molar-refractivity contribution >= 4 is 11.9 Å². The summed E-state index contributed by atoms with van der Waals surface area (Å²) in [6.07, 6.45) is 4.43. The van der Waals surface area contributed by atoms with Crippen molar-refractivity contribution in [3.63, 3.8) is 0 Å². The summed E-state index contributed by atoms with van der Waals surface area (Å²) in [6.45, 7) is 2.86. The van der Waals surface area contributed by atoms with Gasteiger partial charge in [0.1, 0.15) is 0 Å². The quantitative estimate of drug-likeness (QED) is 0.791. The monoisotopic (exact) mass is 225 g/mol. The average Bonchev–Trinajstić information content (AvgIpc) is 3.01. The highest BCUT2D eigenvalue weighted by molar-refractivity contribution is 5.79. The predicted octanol–water partition coefficient (Wildman–Crippen LogP) is 1.50. The summed E-state index contributed by atoms with van der Waals surface area (Å²) in [5.74, 6) is -0.0587. The molecule has 4 heteroatoms. The standard InChI is InChI=1S/C12H19NO3/c1-12(11(15)16)5-2-6-13(8-12)10(14)7-9-3-4-9/h9H,2-8H2,1H3,(H,15,16). The van der Waals surface area contributed by atoms with Crippen molar-refractivity contribution in [2.24, 2.45) is 11.3 Å². The number of piperidine rings is 1. The van der Waals surface area contributed by atoms with Gasteiger partial charge in [-0.15, -0.1) is 0 Å². The van der Waals surface area contributed by atoms with Gasteiger partial charge >= 0.3 is 5.97 Å². The van der Waals surface area contributed by atoms with Gasteiger partial charge in [-0.2, -0.15) is 0 Å². The molecule has 1 aliphatic carbocycles. The summed E-state index contributed by atoms with van der Waals surface area (Å²) in [5, 5.41) is 9.15. The Morgan fingerprint density at radius 1 is 1.44 bits per heavy atom. The van der Waals surface area contributed by atoms with E-state index in [1.54, 1.807) is 11.8 Å². The van der Waals surface area contributed by atoms with Crippen LogP contribution in [-0.2, 0) is 9.59 Å². The van der Waals surface area contributed by atoms with E-state index in [9.17, 15) is 9.59 Å². The van der Waals surface area contributed by atoms with Crippen LogP contribution in [0, 0.1) is 11.3 Å². The highest BCUT2D eigenvalue weighted by atomic mass is 16.4. The highest BCUT2D eigenvalue weighted by Crippen LogP contribution is 2.35. The topological polar surface area (TPSA) is 57.6 Å². The molecule has 0 aromatic heterocycles. The van der Waals surface area contributed by atoms with Gasteiger partial charge in [0.15, 0.2) is 0 Å². The summed E-state index contributed by atoms with van der Waals surface area (Å²) in [5.41, 5.74) is -0.739. The zero-order valence-electron chi connectivity index (χ0n) is 9.74. The van der Waals surface area contributed by atoms with Crippen molar-refractivity contribution in [3.05, 3.63) is 0 Å². The van der Waals surface area contributed by atoms with Crippen molar-refractivity contribution in [3.8, 4) is 0 Å². The first-order valence-electron chi connectivity index (χ1n) is 6.02. The lowest BCUT2D eigenvalue weighted by Gasteiger charge is -2.37. The van der Waals surface area contributed by atoms with E-state index in [1.807, 2.05) is 0 Å². The number of nitrogens with zero attached hydrogens (tertiary/aromatic N) is 1. The summed E-state index contributed by atoms with van der Waals surface area (Å²) in [6, 6.07) is 0. The second-order valence-electron chi connectivity index (χ2n) is 5.43. The Hall–Kier alpha value is -1.06. The van der Waals surface area contributed by atoms with E-state index >= 15 is 0 Å². The van der Waals surface area contributed by atoms with Crippen LogP contribution in [0.2, 0.25) is 0 Å². The molecule has 2 rings (SSSR count). The van der Waals surface area contributed by atoms with Crippen molar-refractivity contribution < 1.29 is 14.7 Å². The lowest BCUT2D eigenvalue weighted by molar-refractivity contribution is -0.153. The van der Waals surface area contributed by atoms with Gasteiger partial charge in [0.25, 0.3) is 0 Å². The molecule has 1 N–H and O–H groups in total. The van der Waals surface area contributed by atoms with Crippen molar-refractivity contribution in [2.75, 3.05) is 13.1 Å². The molecular weight excluding hydrogens is 206 g/mol. The fourth-order valence-electron chi connectivity index (χ4n) is 2.32. The third-order valence-corrected chi connectivity index (χ3v) is 3.73. The van der Waals surface area contributed by atoms with E-state index in [1.165, 1.54) is 0 Å². The maximum Gasteiger partial charge on any atom is 0.311 e. The number of aliphatic carboxylic acids is 1. The Labute approximate surface area is 95.6 Å². The SMILES string of the molecule is CC1(C(=O)O)CCCN(C(=O)CC2CC2)C1. The van der Waals surface area contributed by atoms with Gasteiger partial charge in [-0.25, -0.2) is 0 Å². The van der Waals surface area contributed by atoms with Crippen LogP contribution in [0.5, 0.6) is 0 Å². The molecule has 90 valence electrons. The summed E-state index contributed by atoms with van der Waals surface area (Å²) in [4.78, 5) is 24.8. The minimum Gasteiger partial charge on any atom is -0.481 e. The van der Waals surface area contributed by atoms with Crippen LogP contribution in [-0.4, -0.2) is 35.0 Å². The Morgan fingerprint density at radius 3 is 2.69 bits per heavy atom. The molecule has 1 saturated heterocycles. The van der Waals surface area contributed by atoms with Gasteiger partial charge in [0.05, 0.1) is 5.41 Å². The molecule has 1 saturated carbocycles. The van der Waals surface area contributed by atoms with Gasteiger partial charge in [0.2, 0.25) is 5.91 Å². The van der Waals surface area contributed by atoms with Crippen molar-refractivity contribution in [2.45, 2.75) is 39.0 Å². The molecule has 0 aromatic rings. The highest BCUT2D eigenvalue weighted by Gasteiger charge is 2.40. The molecule has 4 nitrogen and oxygen atoms in total. The molecule has 0 spiro atoms. The predicted molar refractivity (Wildman–Crippen MR) is 58.9 cm³/mol. The third-order valence-electron chi connectivity index (χ3n) is 3.73. The smallest absolute Gasteiger partial charge is 0.311 e. The van der Waals surface area contributed by atoms with Crippen LogP contribution < -0.4 is 0 Å². The first kappa shape index (κ1) is 11.4. The second kappa shape index (κ2) is 4.07. The van der Waals surface area contributed by atoms with Gasteiger partial charge in [0, 0.05) is 19.5 Å². The van der Waals surface area contributed by atoms with E-state index in [-0.39, 0.29) is 5.91 Å². The summed E-state index contributed by atoms with van der Waals surface area (Å²) < 4.78 is 0. The fourth-order valence-corrected chi connectivity index (χ4v) is 2.32. The third kappa shape index (κ3) is 2.36. The van der Waals surface area contributed by atoms with Crippen LogP contribution in [0.15, 0.2) is 0 Å². The number of rotatable bonds is 3. The molecular formula is C12H19NO3. The van der Waals surface area contributed by atoms with Crippen LogP contribution in [0.25, 0.3) is 0 Å². The van der Waals surface area contributed by atoms with E-state index in [4.69, 9.17) is 5.11 Å². The molecule has 2 fully saturated rings. The molecule has 1 heterocycles. The van der Waals surface area contributed by atoms with Crippen LogP contribution in [0.4, 0.5) is 0 Å². The summed E-state index contributed by atoms with van der Waals surface area (Å²) >= 11 is 0. The molecule has 1 amide bonds. The maximum atomic E-state index is 11.9. The second-order valence-corrected chi connectivity index (χ2v) is 5.43. The van der Waals surface area contributed by atoms with Crippen LogP contribution in [0.3, 0.4) is 0 Å². The van der Waals surface area contributed by atoms with Gasteiger partial charge < -0.3 is 10.0 Å².